The van der Waals surface area contributed by atoms with Crippen molar-refractivity contribution < 1.29 is 17.9 Å². The van der Waals surface area contributed by atoms with Crippen molar-refractivity contribution in [3.8, 4) is 0 Å². The van der Waals surface area contributed by atoms with Gasteiger partial charge in [-0.25, -0.2) is 13.2 Å². The van der Waals surface area contributed by atoms with Gasteiger partial charge in [-0.2, -0.15) is 0 Å². The molecule has 2 fully saturated rings. The fourth-order valence-corrected chi connectivity index (χ4v) is 5.14. The van der Waals surface area contributed by atoms with Crippen LogP contribution in [0.4, 0.5) is 4.79 Å². The summed E-state index contributed by atoms with van der Waals surface area (Å²) in [7, 11) is -2.89. The molecule has 0 aromatic carbocycles. The van der Waals surface area contributed by atoms with Crippen molar-refractivity contribution in [2.75, 3.05) is 18.1 Å². The molecular formula is C16H30N2O4S. The molecular weight excluding hydrogens is 316 g/mol. The van der Waals surface area contributed by atoms with Crippen LogP contribution in [0.15, 0.2) is 0 Å². The Labute approximate surface area is 139 Å². The lowest BCUT2D eigenvalue weighted by atomic mass is 10.0. The zero-order valence-electron chi connectivity index (χ0n) is 14.4. The summed E-state index contributed by atoms with van der Waals surface area (Å²) in [5.74, 6) is 0.905. The van der Waals surface area contributed by atoms with Crippen molar-refractivity contribution in [3.63, 3.8) is 0 Å². The van der Waals surface area contributed by atoms with Crippen LogP contribution in [0.2, 0.25) is 0 Å². The molecule has 0 radical (unpaired) electrons. The molecule has 23 heavy (non-hydrogen) atoms. The maximum absolute atomic E-state index is 11.8. The first-order valence-corrected chi connectivity index (χ1v) is 10.4. The van der Waals surface area contributed by atoms with Crippen LogP contribution in [-0.2, 0) is 14.6 Å². The Morgan fingerprint density at radius 1 is 1.17 bits per heavy atom. The number of hydrogen-bond donors (Lipinski definition) is 2. The van der Waals surface area contributed by atoms with E-state index in [0.29, 0.717) is 18.2 Å². The summed E-state index contributed by atoms with van der Waals surface area (Å²) in [5.41, 5.74) is -0.492. The highest BCUT2D eigenvalue weighted by Crippen LogP contribution is 2.27. The van der Waals surface area contributed by atoms with Gasteiger partial charge < -0.3 is 15.4 Å². The van der Waals surface area contributed by atoms with Gasteiger partial charge in [0.25, 0.3) is 0 Å². The molecule has 0 aromatic heterocycles. The van der Waals surface area contributed by atoms with E-state index in [4.69, 9.17) is 4.74 Å². The fourth-order valence-electron chi connectivity index (χ4n) is 3.49. The van der Waals surface area contributed by atoms with Gasteiger partial charge in [0, 0.05) is 18.6 Å². The summed E-state index contributed by atoms with van der Waals surface area (Å²) in [5, 5.41) is 6.37. The molecule has 1 saturated carbocycles. The van der Waals surface area contributed by atoms with E-state index in [0.717, 1.165) is 32.1 Å². The van der Waals surface area contributed by atoms with Crippen LogP contribution >= 0.6 is 0 Å². The number of rotatable bonds is 4. The van der Waals surface area contributed by atoms with E-state index >= 15 is 0 Å². The molecule has 3 unspecified atom stereocenters. The second kappa shape index (κ2) is 7.38. The second-order valence-corrected chi connectivity index (χ2v) is 10.0. The largest absolute Gasteiger partial charge is 0.444 e. The Morgan fingerprint density at radius 3 is 2.57 bits per heavy atom. The Bertz CT molecular complexity index is 513. The van der Waals surface area contributed by atoms with Crippen LogP contribution in [0, 0.1) is 5.92 Å². The SMILES string of the molecule is CC(C)(C)OC(=O)NCC1CCCC1NC1CCCS(=O)(=O)C1. The molecule has 2 N–H and O–H groups in total. The van der Waals surface area contributed by atoms with Crippen LogP contribution < -0.4 is 10.6 Å². The number of nitrogens with one attached hydrogen (secondary N) is 2. The van der Waals surface area contributed by atoms with Crippen molar-refractivity contribution in [2.24, 2.45) is 5.92 Å². The van der Waals surface area contributed by atoms with E-state index in [2.05, 4.69) is 10.6 Å². The van der Waals surface area contributed by atoms with Crippen molar-refractivity contribution in [3.05, 3.63) is 0 Å². The van der Waals surface area contributed by atoms with Gasteiger partial charge in [0.05, 0.1) is 11.5 Å². The predicted octanol–water partition coefficient (Wildman–Crippen LogP) is 1.85. The predicted molar refractivity (Wildman–Crippen MR) is 90.2 cm³/mol. The summed E-state index contributed by atoms with van der Waals surface area (Å²) < 4.78 is 28.8. The second-order valence-electron chi connectivity index (χ2n) is 7.80. The number of sulfone groups is 1. The molecule has 1 aliphatic heterocycles. The van der Waals surface area contributed by atoms with Gasteiger partial charge >= 0.3 is 6.09 Å². The average Bonchev–Trinajstić information content (AvgIpc) is 2.80. The van der Waals surface area contributed by atoms with E-state index in [9.17, 15) is 13.2 Å². The molecule has 1 aliphatic carbocycles. The molecule has 0 spiro atoms. The Morgan fingerprint density at radius 2 is 1.91 bits per heavy atom. The van der Waals surface area contributed by atoms with Crippen LogP contribution in [0.1, 0.15) is 52.9 Å². The van der Waals surface area contributed by atoms with Crippen molar-refractivity contribution >= 4 is 15.9 Å². The monoisotopic (exact) mass is 346 g/mol. The van der Waals surface area contributed by atoms with E-state index < -0.39 is 15.4 Å². The third-order valence-corrected chi connectivity index (χ3v) is 6.30. The Hall–Kier alpha value is -0.820. The Kier molecular flexibility index (Phi) is 5.94. The molecule has 3 atom stereocenters. The lowest BCUT2D eigenvalue weighted by Gasteiger charge is -2.30. The topological polar surface area (TPSA) is 84.5 Å². The van der Waals surface area contributed by atoms with Crippen LogP contribution in [0.25, 0.3) is 0 Å². The van der Waals surface area contributed by atoms with Crippen molar-refractivity contribution in [1.29, 1.82) is 0 Å². The number of hydrogen-bond acceptors (Lipinski definition) is 5. The fraction of sp³-hybridized carbons (Fsp3) is 0.938. The summed E-state index contributed by atoms with van der Waals surface area (Å²) in [6.45, 7) is 6.11. The quantitative estimate of drug-likeness (QED) is 0.811. The minimum atomic E-state index is -2.89. The van der Waals surface area contributed by atoms with E-state index in [1.165, 1.54) is 0 Å². The standard InChI is InChI=1S/C16H30N2O4S/c1-16(2,3)22-15(19)17-10-12-6-4-8-14(12)18-13-7-5-9-23(20,21)11-13/h12-14,18H,4-11H2,1-3H3,(H,17,19). The molecule has 134 valence electrons. The molecule has 1 heterocycles. The normalized spacial score (nSPS) is 30.8. The van der Waals surface area contributed by atoms with Gasteiger partial charge in [0.1, 0.15) is 5.60 Å². The van der Waals surface area contributed by atoms with Gasteiger partial charge in [-0.05, 0) is 52.4 Å². The third-order valence-electron chi connectivity index (χ3n) is 4.48. The maximum atomic E-state index is 11.8. The summed E-state index contributed by atoms with van der Waals surface area (Å²) in [6.07, 6.45) is 4.47. The van der Waals surface area contributed by atoms with Gasteiger partial charge in [-0.3, -0.25) is 0 Å². The number of ether oxygens (including phenoxy) is 1. The minimum Gasteiger partial charge on any atom is -0.444 e. The van der Waals surface area contributed by atoms with Gasteiger partial charge in [0.2, 0.25) is 0 Å². The maximum Gasteiger partial charge on any atom is 0.407 e. The van der Waals surface area contributed by atoms with Gasteiger partial charge in [-0.15, -0.1) is 0 Å². The number of amides is 1. The smallest absolute Gasteiger partial charge is 0.407 e. The number of alkyl carbamates (subject to hydrolysis) is 1. The Balaban J connectivity index is 1.80. The lowest BCUT2D eigenvalue weighted by Crippen LogP contribution is -2.48. The minimum absolute atomic E-state index is 0.0564. The molecule has 2 aliphatic rings. The van der Waals surface area contributed by atoms with E-state index in [1.54, 1.807) is 0 Å². The summed E-state index contributed by atoms with van der Waals surface area (Å²) in [6, 6.07) is 0.337. The molecule has 6 nitrogen and oxygen atoms in total. The highest BCUT2D eigenvalue weighted by Gasteiger charge is 2.32. The number of carbonyl (C=O) groups excluding carboxylic acids is 1. The highest BCUT2D eigenvalue weighted by molar-refractivity contribution is 7.91. The summed E-state index contributed by atoms with van der Waals surface area (Å²) >= 11 is 0. The third kappa shape index (κ3) is 6.30. The molecule has 0 aromatic rings. The van der Waals surface area contributed by atoms with Crippen molar-refractivity contribution in [1.82, 2.24) is 10.6 Å². The molecule has 7 heteroatoms. The number of carbonyl (C=O) groups is 1. The van der Waals surface area contributed by atoms with Crippen LogP contribution in [0.5, 0.6) is 0 Å². The van der Waals surface area contributed by atoms with Crippen molar-refractivity contribution in [2.45, 2.75) is 70.6 Å². The first-order chi connectivity index (χ1) is 10.6. The van der Waals surface area contributed by atoms with Crippen LogP contribution in [-0.4, -0.2) is 50.2 Å². The molecule has 1 saturated heterocycles. The van der Waals surface area contributed by atoms with Gasteiger partial charge in [0.15, 0.2) is 9.84 Å². The van der Waals surface area contributed by atoms with Crippen LogP contribution in [0.3, 0.4) is 0 Å². The molecule has 1 amide bonds. The van der Waals surface area contributed by atoms with E-state index in [-0.39, 0.29) is 23.9 Å². The molecule has 2 rings (SSSR count). The summed E-state index contributed by atoms with van der Waals surface area (Å²) in [4.78, 5) is 11.8. The average molecular weight is 346 g/mol. The first-order valence-electron chi connectivity index (χ1n) is 8.58. The van der Waals surface area contributed by atoms with Gasteiger partial charge in [-0.1, -0.05) is 6.42 Å². The molecule has 0 bridgehead atoms. The highest BCUT2D eigenvalue weighted by atomic mass is 32.2. The lowest BCUT2D eigenvalue weighted by molar-refractivity contribution is 0.0517. The zero-order chi connectivity index (χ0) is 17.1. The zero-order valence-corrected chi connectivity index (χ0v) is 15.2. The van der Waals surface area contributed by atoms with E-state index in [1.807, 2.05) is 20.8 Å². The first kappa shape index (κ1) is 18.5.